The van der Waals surface area contributed by atoms with Crippen molar-refractivity contribution in [3.8, 4) is 5.75 Å². The molecule has 0 aliphatic carbocycles. The van der Waals surface area contributed by atoms with Crippen LogP contribution in [0.1, 0.15) is 24.8 Å². The molecular weight excluding hydrogens is 414 g/mol. The molecule has 29 heavy (non-hydrogen) atoms. The summed E-state index contributed by atoms with van der Waals surface area (Å²) in [6.45, 7) is 0.897. The van der Waals surface area contributed by atoms with Crippen molar-refractivity contribution in [3.63, 3.8) is 0 Å². The van der Waals surface area contributed by atoms with Gasteiger partial charge in [-0.25, -0.2) is 8.42 Å². The predicted octanol–water partition coefficient (Wildman–Crippen LogP) is 2.43. The number of benzene rings is 2. The van der Waals surface area contributed by atoms with E-state index in [-0.39, 0.29) is 15.6 Å². The first-order valence-corrected chi connectivity index (χ1v) is 12.1. The van der Waals surface area contributed by atoms with Crippen molar-refractivity contribution in [2.45, 2.75) is 29.1 Å². The summed E-state index contributed by atoms with van der Waals surface area (Å²) in [5, 5.41) is 2.99. The van der Waals surface area contributed by atoms with Gasteiger partial charge in [0, 0.05) is 18.7 Å². The molecule has 1 saturated heterocycles. The maximum Gasteiger partial charge on any atom is 0.286 e. The highest BCUT2D eigenvalue weighted by Crippen LogP contribution is 2.32. The number of sulfonamides is 2. The molecule has 2 aliphatic heterocycles. The van der Waals surface area contributed by atoms with E-state index in [4.69, 9.17) is 4.74 Å². The van der Waals surface area contributed by atoms with Crippen molar-refractivity contribution in [2.75, 3.05) is 25.5 Å². The highest BCUT2D eigenvalue weighted by molar-refractivity contribution is 7.91. The zero-order valence-electron chi connectivity index (χ0n) is 15.8. The van der Waals surface area contributed by atoms with Crippen LogP contribution in [0, 0.1) is 0 Å². The summed E-state index contributed by atoms with van der Waals surface area (Å²) < 4.78 is 61.7. The van der Waals surface area contributed by atoms with Crippen LogP contribution in [0.4, 0.5) is 5.69 Å². The molecule has 0 amide bonds. The third-order valence-corrected chi connectivity index (χ3v) is 8.22. The molecule has 2 heterocycles. The molecule has 0 aromatic heterocycles. The van der Waals surface area contributed by atoms with Crippen molar-refractivity contribution >= 4 is 31.6 Å². The average Bonchev–Trinajstić information content (AvgIpc) is 2.73. The van der Waals surface area contributed by atoms with Gasteiger partial charge in [-0.1, -0.05) is 6.42 Å². The first-order chi connectivity index (χ1) is 13.8. The molecular formula is C19H21N3O5S2. The minimum Gasteiger partial charge on any atom is -0.497 e. The number of methoxy groups -OCH3 is 1. The first kappa shape index (κ1) is 19.9. The summed E-state index contributed by atoms with van der Waals surface area (Å²) in [5.74, 6) is 0.813. The molecule has 0 radical (unpaired) electrons. The van der Waals surface area contributed by atoms with Crippen LogP contribution in [0.25, 0.3) is 0 Å². The van der Waals surface area contributed by atoms with Crippen molar-refractivity contribution in [3.05, 3.63) is 48.0 Å². The van der Waals surface area contributed by atoms with Gasteiger partial charge in [0.25, 0.3) is 10.0 Å². The Morgan fingerprint density at radius 1 is 1.03 bits per heavy atom. The van der Waals surface area contributed by atoms with Crippen LogP contribution in [-0.2, 0) is 20.0 Å². The molecule has 154 valence electrons. The maximum atomic E-state index is 12.9. The fraction of sp³-hybridized carbons (Fsp3) is 0.316. The van der Waals surface area contributed by atoms with Crippen molar-refractivity contribution < 1.29 is 21.6 Å². The summed E-state index contributed by atoms with van der Waals surface area (Å²) in [4.78, 5) is -0.181. The van der Waals surface area contributed by atoms with Crippen molar-refractivity contribution in [1.29, 1.82) is 0 Å². The second kappa shape index (κ2) is 7.43. The molecule has 1 fully saturated rings. The summed E-state index contributed by atoms with van der Waals surface area (Å²) in [6.07, 6.45) is 2.61. The Kier molecular flexibility index (Phi) is 5.09. The fourth-order valence-corrected chi connectivity index (χ4v) is 6.21. The van der Waals surface area contributed by atoms with E-state index in [1.165, 1.54) is 22.5 Å². The Bertz CT molecular complexity index is 1170. The summed E-state index contributed by atoms with van der Waals surface area (Å²) in [5.41, 5.74) is 0.869. The number of hydrogen-bond donors (Lipinski definition) is 1. The molecule has 10 heteroatoms. The lowest BCUT2D eigenvalue weighted by atomic mass is 10.2. The molecule has 8 nitrogen and oxygen atoms in total. The van der Waals surface area contributed by atoms with E-state index in [1.807, 2.05) is 0 Å². The Hall–Kier alpha value is -2.43. The van der Waals surface area contributed by atoms with E-state index in [2.05, 4.69) is 9.71 Å². The number of ether oxygens (including phenoxy) is 1. The molecule has 0 spiro atoms. The van der Waals surface area contributed by atoms with Gasteiger partial charge in [0.15, 0.2) is 5.84 Å². The Morgan fingerprint density at radius 3 is 2.38 bits per heavy atom. The van der Waals surface area contributed by atoms with Crippen LogP contribution >= 0.6 is 0 Å². The maximum absolute atomic E-state index is 12.9. The van der Waals surface area contributed by atoms with Crippen LogP contribution < -0.4 is 10.1 Å². The highest BCUT2D eigenvalue weighted by Gasteiger charge is 2.31. The van der Waals surface area contributed by atoms with Gasteiger partial charge in [0.05, 0.1) is 17.7 Å². The second-order valence-electron chi connectivity index (χ2n) is 6.89. The van der Waals surface area contributed by atoms with Gasteiger partial charge in [0.2, 0.25) is 10.0 Å². The molecule has 2 aromatic rings. The number of amidine groups is 1. The van der Waals surface area contributed by atoms with E-state index in [0.717, 1.165) is 19.3 Å². The molecule has 0 atom stereocenters. The topological polar surface area (TPSA) is 105 Å². The lowest BCUT2D eigenvalue weighted by molar-refractivity contribution is 0.346. The number of anilines is 1. The number of fused-ring (bicyclic) bond motifs is 1. The lowest BCUT2D eigenvalue weighted by Crippen LogP contribution is -2.35. The minimum absolute atomic E-state index is 0.0355. The highest BCUT2D eigenvalue weighted by atomic mass is 32.2. The van der Waals surface area contributed by atoms with Crippen LogP contribution in [0.5, 0.6) is 5.75 Å². The van der Waals surface area contributed by atoms with Gasteiger partial charge in [-0.2, -0.15) is 12.7 Å². The van der Waals surface area contributed by atoms with Gasteiger partial charge in [-0.15, -0.1) is 4.40 Å². The standard InChI is InChI=1S/C19H21N3O5S2/c1-27-15-7-5-14(6-8-15)19-20-17-10-9-16(13-18(17)28(23,24)21-19)29(25,26)22-11-3-2-4-12-22/h5-10,13H,2-4,11-12H2,1H3,(H,20,21). The number of piperidine rings is 1. The summed E-state index contributed by atoms with van der Waals surface area (Å²) >= 11 is 0. The Balaban J connectivity index is 1.70. The van der Waals surface area contributed by atoms with Crippen LogP contribution in [0.3, 0.4) is 0 Å². The zero-order valence-corrected chi connectivity index (χ0v) is 17.5. The van der Waals surface area contributed by atoms with Gasteiger partial charge in [0.1, 0.15) is 10.6 Å². The normalized spacial score (nSPS) is 19.0. The van der Waals surface area contributed by atoms with Crippen LogP contribution in [0.15, 0.2) is 56.7 Å². The third kappa shape index (κ3) is 3.75. The quantitative estimate of drug-likeness (QED) is 0.791. The summed E-state index contributed by atoms with van der Waals surface area (Å²) in [6, 6.07) is 10.9. The smallest absolute Gasteiger partial charge is 0.286 e. The lowest BCUT2D eigenvalue weighted by Gasteiger charge is -2.26. The number of nitrogens with one attached hydrogen (secondary N) is 1. The number of hydrogen-bond acceptors (Lipinski definition) is 6. The molecule has 0 bridgehead atoms. The molecule has 0 unspecified atom stereocenters. The van der Waals surface area contributed by atoms with Gasteiger partial charge in [-0.3, -0.25) is 0 Å². The molecule has 0 saturated carbocycles. The van der Waals surface area contributed by atoms with E-state index in [0.29, 0.717) is 30.1 Å². The van der Waals surface area contributed by atoms with Gasteiger partial charge >= 0.3 is 0 Å². The zero-order chi connectivity index (χ0) is 20.6. The van der Waals surface area contributed by atoms with Crippen LogP contribution in [-0.4, -0.2) is 47.2 Å². The van der Waals surface area contributed by atoms with Crippen molar-refractivity contribution in [1.82, 2.24) is 4.31 Å². The number of nitrogens with zero attached hydrogens (tertiary/aromatic N) is 2. The fourth-order valence-electron chi connectivity index (χ4n) is 3.43. The van der Waals surface area contributed by atoms with Crippen LogP contribution in [0.2, 0.25) is 0 Å². The number of rotatable bonds is 4. The molecule has 2 aromatic carbocycles. The van der Waals surface area contributed by atoms with Crippen molar-refractivity contribution in [2.24, 2.45) is 4.40 Å². The SMILES string of the molecule is COc1ccc(C2=NS(=O)(=O)c3cc(S(=O)(=O)N4CCCCC4)ccc3N2)cc1. The van der Waals surface area contributed by atoms with E-state index in [1.54, 1.807) is 31.4 Å². The van der Waals surface area contributed by atoms with E-state index >= 15 is 0 Å². The summed E-state index contributed by atoms with van der Waals surface area (Å²) in [7, 11) is -6.25. The van der Waals surface area contributed by atoms with E-state index < -0.39 is 20.0 Å². The molecule has 2 aliphatic rings. The molecule has 4 rings (SSSR count). The monoisotopic (exact) mass is 435 g/mol. The second-order valence-corrected chi connectivity index (χ2v) is 10.4. The first-order valence-electron chi connectivity index (χ1n) is 9.22. The largest absolute Gasteiger partial charge is 0.497 e. The minimum atomic E-state index is -4.06. The van der Waals surface area contributed by atoms with Gasteiger partial charge < -0.3 is 10.1 Å². The third-order valence-electron chi connectivity index (χ3n) is 5.01. The van der Waals surface area contributed by atoms with Gasteiger partial charge in [-0.05, 0) is 55.3 Å². The van der Waals surface area contributed by atoms with E-state index in [9.17, 15) is 16.8 Å². The Labute approximate surface area is 170 Å². The Morgan fingerprint density at radius 2 is 1.72 bits per heavy atom. The molecule has 1 N–H and O–H groups in total. The predicted molar refractivity (Wildman–Crippen MR) is 109 cm³/mol. The average molecular weight is 436 g/mol.